The summed E-state index contributed by atoms with van der Waals surface area (Å²) in [5.41, 5.74) is 0.0277. The minimum absolute atomic E-state index is 0.0192. The highest BCUT2D eigenvalue weighted by Crippen LogP contribution is 2.53. The standard InChI is InChI=1S/C46H54FN5O6S/c1-4-59(44(3)23-24-44)51-41(55)46-26-30(46)14-8-6-5-7-9-18-35(49-42(56)58-43(2)21-22-43)40(54)52-28-45(27-36(52)39(53)50-46)20-19-33-32-16-10-11-17-34(32)48-37(38(33)57-45)29-13-12-15-31(47)25-29/h4,8,10-17,25,30,35-36H,5-7,9,18-24,26-28H2,1-3H3,(H,49,56)(H,50,53)(H,51,55)/b14-8-/t30?,35-,36-,45+,46+,59?/m0/s1. The van der Waals surface area contributed by atoms with Crippen molar-refractivity contribution in [1.82, 2.24) is 25.2 Å². The van der Waals surface area contributed by atoms with E-state index in [1.165, 1.54) is 12.1 Å². The van der Waals surface area contributed by atoms with Crippen LogP contribution >= 0.6 is 10.7 Å². The van der Waals surface area contributed by atoms with Crippen LogP contribution in [0.15, 0.2) is 60.7 Å². The summed E-state index contributed by atoms with van der Waals surface area (Å²) in [7, 11) is -0.462. The first-order chi connectivity index (χ1) is 28.3. The van der Waals surface area contributed by atoms with Gasteiger partial charge in [-0.25, -0.2) is 14.2 Å². The topological polar surface area (TPSA) is 139 Å². The molecule has 3 aliphatic carbocycles. The number of pyridine rings is 1. The van der Waals surface area contributed by atoms with E-state index < -0.39 is 57.3 Å². The van der Waals surface area contributed by atoms with Crippen molar-refractivity contribution in [3.8, 4) is 17.0 Å². The van der Waals surface area contributed by atoms with Gasteiger partial charge in [0.25, 0.3) is 5.91 Å². The van der Waals surface area contributed by atoms with Crippen molar-refractivity contribution in [3.05, 3.63) is 72.1 Å². The van der Waals surface area contributed by atoms with Gasteiger partial charge in [0.05, 0.1) is 12.1 Å². The number of nitrogens with zero attached hydrogens (tertiary/aromatic N) is 2. The zero-order valence-electron chi connectivity index (χ0n) is 34.1. The van der Waals surface area contributed by atoms with Gasteiger partial charge in [-0.3, -0.25) is 14.4 Å². The van der Waals surface area contributed by atoms with Gasteiger partial charge in [-0.15, -0.1) is 0 Å². The van der Waals surface area contributed by atoms with Gasteiger partial charge in [0.1, 0.15) is 46.1 Å². The number of hydrogen-bond acceptors (Lipinski definition) is 7. The Morgan fingerprint density at radius 2 is 1.85 bits per heavy atom. The van der Waals surface area contributed by atoms with Crippen molar-refractivity contribution >= 4 is 50.8 Å². The molecule has 4 fully saturated rings. The lowest BCUT2D eigenvalue weighted by Crippen LogP contribution is -2.57. The first-order valence-corrected chi connectivity index (χ1v) is 22.6. The van der Waals surface area contributed by atoms with Crippen molar-refractivity contribution in [2.75, 3.05) is 6.54 Å². The summed E-state index contributed by atoms with van der Waals surface area (Å²) in [6.45, 7) is 6.09. The number of rotatable bonds is 6. The molecule has 59 heavy (non-hydrogen) atoms. The number of nitrogens with one attached hydrogen (secondary N) is 3. The number of halogens is 1. The van der Waals surface area contributed by atoms with Gasteiger partial charge in [0.15, 0.2) is 0 Å². The number of alkyl carbamates (subject to hydrolysis) is 1. The smallest absolute Gasteiger partial charge is 0.408 e. The van der Waals surface area contributed by atoms with E-state index >= 15 is 0 Å². The van der Waals surface area contributed by atoms with Crippen molar-refractivity contribution in [2.24, 2.45) is 5.92 Å². The fourth-order valence-corrected chi connectivity index (χ4v) is 11.1. The van der Waals surface area contributed by atoms with Gasteiger partial charge in [-0.2, -0.15) is 0 Å². The lowest BCUT2D eigenvalue weighted by atomic mass is 9.86. The van der Waals surface area contributed by atoms with Crippen LogP contribution in [0.5, 0.6) is 5.75 Å². The SMILES string of the molecule is C/C=S(/NC(=O)[C@@]12CC1/C=C\CCCCC[C@H](NC(=O)OC1(C)CC1)C(=O)N1C[C@@]3(CCc4c(c(-c5cccc(F)c5)nc5ccccc45)O3)C[C@H]1C(=O)N2)C1(C)CC1. The first kappa shape index (κ1) is 39.7. The molecule has 3 aliphatic heterocycles. The van der Waals surface area contributed by atoms with Gasteiger partial charge in [0, 0.05) is 33.6 Å². The second kappa shape index (κ2) is 15.0. The van der Waals surface area contributed by atoms with E-state index in [-0.39, 0.29) is 35.4 Å². The average molecular weight is 824 g/mol. The normalized spacial score (nSPS) is 30.3. The van der Waals surface area contributed by atoms with Crippen molar-refractivity contribution < 1.29 is 33.0 Å². The maximum Gasteiger partial charge on any atom is 0.408 e. The fourth-order valence-electron chi connectivity index (χ4n) is 9.26. The summed E-state index contributed by atoms with van der Waals surface area (Å²) < 4.78 is 30.9. The summed E-state index contributed by atoms with van der Waals surface area (Å²) in [6, 6.07) is 12.1. The average Bonchev–Trinajstić information content (AvgIpc) is 4.19. The summed E-state index contributed by atoms with van der Waals surface area (Å²) in [6.07, 6.45) is 12.3. The number of hydrogen-bond donors (Lipinski definition) is 3. The largest absolute Gasteiger partial charge is 0.483 e. The second-order valence-corrected chi connectivity index (χ2v) is 20.4. The Kier molecular flexibility index (Phi) is 10.1. The molecule has 1 saturated heterocycles. The Balaban J connectivity index is 1.08. The van der Waals surface area contributed by atoms with Gasteiger partial charge in [0.2, 0.25) is 11.8 Å². The number of carbonyl (C=O) groups is 4. The number of carbonyl (C=O) groups excluding carboxylic acids is 4. The van der Waals surface area contributed by atoms with E-state index in [1.807, 2.05) is 38.1 Å². The van der Waals surface area contributed by atoms with Gasteiger partial charge < -0.3 is 29.7 Å². The predicted octanol–water partition coefficient (Wildman–Crippen LogP) is 7.42. The molecule has 9 rings (SSSR count). The van der Waals surface area contributed by atoms with E-state index in [4.69, 9.17) is 14.5 Å². The zero-order valence-corrected chi connectivity index (χ0v) is 34.9. The molecule has 6 aliphatic rings. The number of allylic oxidation sites excluding steroid dienone is 1. The molecule has 1 spiro atoms. The highest BCUT2D eigenvalue weighted by Gasteiger charge is 2.62. The summed E-state index contributed by atoms with van der Waals surface area (Å²) in [4.78, 5) is 64.1. The molecule has 6 atom stereocenters. The molecule has 11 nitrogen and oxygen atoms in total. The van der Waals surface area contributed by atoms with Crippen LogP contribution in [-0.2, 0) is 25.5 Å². The molecule has 3 N–H and O–H groups in total. The highest BCUT2D eigenvalue weighted by molar-refractivity contribution is 8.15. The van der Waals surface area contributed by atoms with Crippen LogP contribution in [0.1, 0.15) is 103 Å². The number of benzene rings is 2. The number of fused-ring (bicyclic) bond motifs is 5. The zero-order chi connectivity index (χ0) is 41.2. The van der Waals surface area contributed by atoms with Crippen LogP contribution in [-0.4, -0.2) is 79.2 Å². The monoisotopic (exact) mass is 823 g/mol. The third-order valence-electron chi connectivity index (χ3n) is 13.5. The molecular weight excluding hydrogens is 770 g/mol. The molecular formula is C46H54FN5O6S. The number of aromatic nitrogens is 1. The maximum absolute atomic E-state index is 15.0. The second-order valence-electron chi connectivity index (χ2n) is 18.1. The van der Waals surface area contributed by atoms with E-state index in [9.17, 15) is 23.6 Å². The predicted molar refractivity (Wildman–Crippen MR) is 226 cm³/mol. The van der Waals surface area contributed by atoms with Crippen molar-refractivity contribution in [3.63, 3.8) is 0 Å². The molecule has 2 aromatic carbocycles. The van der Waals surface area contributed by atoms with Crippen LogP contribution in [0, 0.1) is 11.7 Å². The Morgan fingerprint density at radius 3 is 2.61 bits per heavy atom. The number of ether oxygens (including phenoxy) is 2. The van der Waals surface area contributed by atoms with Gasteiger partial charge >= 0.3 is 6.09 Å². The quantitative estimate of drug-likeness (QED) is 0.174. The molecule has 0 bridgehead atoms. The minimum atomic E-state index is -1.16. The molecule has 312 valence electrons. The molecule has 0 radical (unpaired) electrons. The fraction of sp³-hybridized carbons (Fsp3) is 0.522. The van der Waals surface area contributed by atoms with Gasteiger partial charge in [-0.05, 0) is 109 Å². The Bertz CT molecular complexity index is 2290. The van der Waals surface area contributed by atoms with Crippen LogP contribution in [0.2, 0.25) is 0 Å². The Labute approximate surface area is 347 Å². The lowest BCUT2D eigenvalue weighted by Gasteiger charge is -2.37. The maximum atomic E-state index is 15.0. The summed E-state index contributed by atoms with van der Waals surface area (Å²) in [5, 5.41) is 9.08. The number of para-hydroxylation sites is 1. The van der Waals surface area contributed by atoms with E-state index in [0.29, 0.717) is 49.1 Å². The molecule has 4 amide bonds. The number of amides is 4. The Morgan fingerprint density at radius 1 is 1.03 bits per heavy atom. The highest BCUT2D eigenvalue weighted by atomic mass is 32.2. The number of aryl methyl sites for hydroxylation is 1. The molecule has 13 heteroatoms. The van der Waals surface area contributed by atoms with Crippen molar-refractivity contribution in [2.45, 2.75) is 138 Å². The van der Waals surface area contributed by atoms with E-state index in [2.05, 4.69) is 39.8 Å². The molecule has 2 unspecified atom stereocenters. The summed E-state index contributed by atoms with van der Waals surface area (Å²) >= 11 is 0. The third-order valence-corrected chi connectivity index (χ3v) is 15.8. The minimum Gasteiger partial charge on any atom is -0.483 e. The third kappa shape index (κ3) is 7.75. The molecule has 3 aromatic rings. The van der Waals surface area contributed by atoms with Crippen LogP contribution in [0.25, 0.3) is 22.2 Å². The molecule has 4 heterocycles. The lowest BCUT2D eigenvalue weighted by molar-refractivity contribution is -0.141. The van der Waals surface area contributed by atoms with Crippen LogP contribution in [0.4, 0.5) is 9.18 Å². The van der Waals surface area contributed by atoms with Gasteiger partial charge in [-0.1, -0.05) is 66.0 Å². The van der Waals surface area contributed by atoms with Crippen LogP contribution in [0.3, 0.4) is 0 Å². The van der Waals surface area contributed by atoms with E-state index in [1.54, 1.807) is 17.0 Å². The summed E-state index contributed by atoms with van der Waals surface area (Å²) in [5.74, 6) is -1.12. The van der Waals surface area contributed by atoms with Crippen LogP contribution < -0.4 is 20.1 Å². The first-order valence-electron chi connectivity index (χ1n) is 21.3. The molecule has 1 aromatic heterocycles. The van der Waals surface area contributed by atoms with E-state index in [0.717, 1.165) is 61.4 Å². The Hall–Kier alpha value is -4.78. The van der Waals surface area contributed by atoms with Crippen molar-refractivity contribution in [1.29, 1.82) is 0 Å². The molecule has 3 saturated carbocycles.